The number of carbonyl (C=O) groups is 3. The first-order valence-electron chi connectivity index (χ1n) is 6.35. The van der Waals surface area contributed by atoms with Gasteiger partial charge in [-0.25, -0.2) is 15.0 Å². The molecule has 21 heavy (non-hydrogen) atoms. The Balaban J connectivity index is 0.000000567. The van der Waals surface area contributed by atoms with Crippen LogP contribution >= 0.6 is 0 Å². The Hall–Kier alpha value is -2.41. The van der Waals surface area contributed by atoms with Crippen LogP contribution in [0.3, 0.4) is 0 Å². The first kappa shape index (κ1) is 18.6. The SMILES string of the molecule is CC(=O)NNC(C)CCc1ccccc1.O=C(O)C(=O)O. The van der Waals surface area contributed by atoms with Crippen molar-refractivity contribution in [3.63, 3.8) is 0 Å². The van der Waals surface area contributed by atoms with Gasteiger partial charge in [-0.05, 0) is 25.3 Å². The van der Waals surface area contributed by atoms with E-state index in [1.165, 1.54) is 12.5 Å². The fourth-order valence-electron chi connectivity index (χ4n) is 1.32. The highest BCUT2D eigenvalue weighted by Gasteiger charge is 2.04. The van der Waals surface area contributed by atoms with E-state index in [0.29, 0.717) is 0 Å². The molecule has 0 saturated carbocycles. The van der Waals surface area contributed by atoms with Crippen molar-refractivity contribution in [1.29, 1.82) is 0 Å². The van der Waals surface area contributed by atoms with Gasteiger partial charge in [-0.3, -0.25) is 10.2 Å². The molecule has 1 aromatic carbocycles. The number of carboxylic acids is 2. The average Bonchev–Trinajstić information content (AvgIpc) is 2.44. The lowest BCUT2D eigenvalue weighted by molar-refractivity contribution is -0.159. The standard InChI is InChI=1S/C12H18N2O.C2H2O4/c1-10(13-14-11(2)15)8-9-12-6-4-3-5-7-12;3-1(4)2(5)6/h3-7,10,13H,8-9H2,1-2H3,(H,14,15);(H,3,4)(H,5,6). The van der Waals surface area contributed by atoms with Gasteiger partial charge in [0.1, 0.15) is 0 Å². The first-order chi connectivity index (χ1) is 9.82. The summed E-state index contributed by atoms with van der Waals surface area (Å²) >= 11 is 0. The van der Waals surface area contributed by atoms with Crippen LogP contribution in [0.15, 0.2) is 30.3 Å². The molecule has 0 spiro atoms. The molecule has 0 fully saturated rings. The van der Waals surface area contributed by atoms with Crippen molar-refractivity contribution in [2.24, 2.45) is 0 Å². The minimum Gasteiger partial charge on any atom is -0.473 e. The van der Waals surface area contributed by atoms with Crippen molar-refractivity contribution in [1.82, 2.24) is 10.9 Å². The number of amides is 1. The number of hydrogen-bond acceptors (Lipinski definition) is 4. The highest BCUT2D eigenvalue weighted by Crippen LogP contribution is 2.04. The first-order valence-corrected chi connectivity index (χ1v) is 6.35. The number of carbonyl (C=O) groups excluding carboxylic acids is 1. The second kappa shape index (κ2) is 10.4. The van der Waals surface area contributed by atoms with Gasteiger partial charge >= 0.3 is 11.9 Å². The van der Waals surface area contributed by atoms with Crippen LogP contribution in [0.2, 0.25) is 0 Å². The van der Waals surface area contributed by atoms with Crippen molar-refractivity contribution in [2.75, 3.05) is 0 Å². The maximum absolute atomic E-state index is 10.6. The van der Waals surface area contributed by atoms with E-state index in [1.54, 1.807) is 0 Å². The molecular weight excluding hydrogens is 276 g/mol. The molecule has 0 aliphatic heterocycles. The number of benzene rings is 1. The van der Waals surface area contributed by atoms with Gasteiger partial charge in [0, 0.05) is 13.0 Å². The van der Waals surface area contributed by atoms with Crippen LogP contribution in [-0.2, 0) is 20.8 Å². The van der Waals surface area contributed by atoms with Gasteiger partial charge in [0.15, 0.2) is 0 Å². The zero-order valence-electron chi connectivity index (χ0n) is 12.0. The topological polar surface area (TPSA) is 116 Å². The molecule has 0 bridgehead atoms. The minimum absolute atomic E-state index is 0.0541. The van der Waals surface area contributed by atoms with Gasteiger partial charge in [-0.2, -0.15) is 0 Å². The van der Waals surface area contributed by atoms with Crippen molar-refractivity contribution in [3.05, 3.63) is 35.9 Å². The number of nitrogens with one attached hydrogen (secondary N) is 2. The molecule has 1 amide bonds. The van der Waals surface area contributed by atoms with E-state index in [9.17, 15) is 4.79 Å². The molecule has 0 saturated heterocycles. The van der Waals surface area contributed by atoms with Gasteiger partial charge in [-0.1, -0.05) is 30.3 Å². The van der Waals surface area contributed by atoms with E-state index in [0.717, 1.165) is 12.8 Å². The smallest absolute Gasteiger partial charge is 0.414 e. The Bertz CT molecular complexity index is 450. The lowest BCUT2D eigenvalue weighted by Crippen LogP contribution is -2.41. The molecular formula is C14H20N2O5. The number of rotatable bonds is 5. The van der Waals surface area contributed by atoms with Crippen molar-refractivity contribution < 1.29 is 24.6 Å². The quantitative estimate of drug-likeness (QED) is 0.472. The maximum atomic E-state index is 10.6. The van der Waals surface area contributed by atoms with Crippen LogP contribution < -0.4 is 10.9 Å². The van der Waals surface area contributed by atoms with Crippen molar-refractivity contribution in [3.8, 4) is 0 Å². The zero-order valence-corrected chi connectivity index (χ0v) is 12.0. The third kappa shape index (κ3) is 11.1. The fraction of sp³-hybridized carbons (Fsp3) is 0.357. The molecule has 4 N–H and O–H groups in total. The van der Waals surface area contributed by atoms with Gasteiger partial charge < -0.3 is 10.2 Å². The summed E-state index contributed by atoms with van der Waals surface area (Å²) in [6, 6.07) is 10.6. The number of aryl methyl sites for hydroxylation is 1. The highest BCUT2D eigenvalue weighted by atomic mass is 16.4. The van der Waals surface area contributed by atoms with Crippen LogP contribution in [0, 0.1) is 0 Å². The minimum atomic E-state index is -1.82. The van der Waals surface area contributed by atoms with E-state index in [1.807, 2.05) is 18.2 Å². The highest BCUT2D eigenvalue weighted by molar-refractivity contribution is 6.27. The third-order valence-corrected chi connectivity index (χ3v) is 2.39. The van der Waals surface area contributed by atoms with Gasteiger partial charge in [-0.15, -0.1) is 0 Å². The van der Waals surface area contributed by atoms with Crippen LogP contribution in [0.4, 0.5) is 0 Å². The fourth-order valence-corrected chi connectivity index (χ4v) is 1.32. The summed E-state index contributed by atoms with van der Waals surface area (Å²) in [5, 5.41) is 14.8. The lowest BCUT2D eigenvalue weighted by Gasteiger charge is -2.13. The number of hydrazine groups is 1. The summed E-state index contributed by atoms with van der Waals surface area (Å²) < 4.78 is 0. The van der Waals surface area contributed by atoms with Gasteiger partial charge in [0.05, 0.1) is 0 Å². The van der Waals surface area contributed by atoms with Crippen molar-refractivity contribution >= 4 is 17.8 Å². The van der Waals surface area contributed by atoms with E-state index in [4.69, 9.17) is 19.8 Å². The molecule has 1 rings (SSSR count). The molecule has 116 valence electrons. The molecule has 1 atom stereocenters. The summed E-state index contributed by atoms with van der Waals surface area (Å²) in [6.45, 7) is 3.55. The second-order valence-electron chi connectivity index (χ2n) is 4.36. The third-order valence-electron chi connectivity index (χ3n) is 2.39. The molecule has 7 nitrogen and oxygen atoms in total. The summed E-state index contributed by atoms with van der Waals surface area (Å²) in [5.41, 5.74) is 6.87. The largest absolute Gasteiger partial charge is 0.473 e. The Kier molecular flexibility index (Phi) is 9.19. The Morgan fingerprint density at radius 3 is 2.05 bits per heavy atom. The average molecular weight is 296 g/mol. The summed E-state index contributed by atoms with van der Waals surface area (Å²) in [5.74, 6) is -3.70. The van der Waals surface area contributed by atoms with Crippen LogP contribution in [0.1, 0.15) is 25.8 Å². The number of hydrogen-bond donors (Lipinski definition) is 4. The van der Waals surface area contributed by atoms with E-state index in [2.05, 4.69) is 29.9 Å². The van der Waals surface area contributed by atoms with E-state index in [-0.39, 0.29) is 11.9 Å². The Morgan fingerprint density at radius 2 is 1.62 bits per heavy atom. The van der Waals surface area contributed by atoms with Crippen molar-refractivity contribution in [2.45, 2.75) is 32.7 Å². The zero-order chi connectivity index (χ0) is 16.3. The monoisotopic (exact) mass is 296 g/mol. The summed E-state index contributed by atoms with van der Waals surface area (Å²) in [7, 11) is 0. The predicted molar refractivity (Wildman–Crippen MR) is 76.4 cm³/mol. The molecule has 1 aromatic rings. The molecule has 0 aliphatic rings. The lowest BCUT2D eigenvalue weighted by atomic mass is 10.1. The van der Waals surface area contributed by atoms with E-state index < -0.39 is 11.9 Å². The Morgan fingerprint density at radius 1 is 1.10 bits per heavy atom. The second-order valence-corrected chi connectivity index (χ2v) is 4.36. The molecule has 7 heteroatoms. The molecule has 0 aliphatic carbocycles. The Labute approximate surface area is 122 Å². The molecule has 0 heterocycles. The normalized spacial score (nSPS) is 10.8. The number of carboxylic acid groups (broad SMARTS) is 2. The van der Waals surface area contributed by atoms with E-state index >= 15 is 0 Å². The van der Waals surface area contributed by atoms with Gasteiger partial charge in [0.25, 0.3) is 0 Å². The molecule has 1 unspecified atom stereocenters. The molecule has 0 aromatic heterocycles. The van der Waals surface area contributed by atoms with Gasteiger partial charge in [0.2, 0.25) is 5.91 Å². The van der Waals surface area contributed by atoms with Crippen LogP contribution in [-0.4, -0.2) is 34.1 Å². The van der Waals surface area contributed by atoms with Crippen LogP contribution in [0.25, 0.3) is 0 Å². The maximum Gasteiger partial charge on any atom is 0.414 e. The summed E-state index contributed by atoms with van der Waals surface area (Å²) in [4.78, 5) is 28.8. The van der Waals surface area contributed by atoms with Crippen LogP contribution in [0.5, 0.6) is 0 Å². The molecule has 0 radical (unpaired) electrons. The number of aliphatic carboxylic acids is 2. The predicted octanol–water partition coefficient (Wildman–Crippen LogP) is 0.804. The summed E-state index contributed by atoms with van der Waals surface area (Å²) in [6.07, 6.45) is 2.03.